The van der Waals surface area contributed by atoms with Crippen molar-refractivity contribution in [2.45, 2.75) is 11.8 Å². The summed E-state index contributed by atoms with van der Waals surface area (Å²) in [6, 6.07) is 3.07. The van der Waals surface area contributed by atoms with Crippen molar-refractivity contribution in [3.63, 3.8) is 0 Å². The van der Waals surface area contributed by atoms with Gasteiger partial charge in [0.05, 0.1) is 16.8 Å². The number of rotatable bonds is 4. The average molecular weight is 346 g/mol. The van der Waals surface area contributed by atoms with Crippen LogP contribution in [0.15, 0.2) is 35.5 Å². The van der Waals surface area contributed by atoms with Gasteiger partial charge in [-0.15, -0.1) is 0 Å². The summed E-state index contributed by atoms with van der Waals surface area (Å²) in [6.07, 6.45) is 1.85. The molecule has 0 radical (unpaired) electrons. The van der Waals surface area contributed by atoms with Crippen LogP contribution in [0, 0.1) is 22.9 Å². The van der Waals surface area contributed by atoms with Gasteiger partial charge in [0, 0.05) is 12.3 Å². The van der Waals surface area contributed by atoms with E-state index in [-0.39, 0.29) is 21.3 Å². The molecule has 22 heavy (non-hydrogen) atoms. The second-order valence-corrected chi connectivity index (χ2v) is 6.41. The molecule has 0 amide bonds. The summed E-state index contributed by atoms with van der Waals surface area (Å²) in [6.45, 7) is 1.48. The smallest absolute Gasteiger partial charge is 0.279 e. The van der Waals surface area contributed by atoms with Gasteiger partial charge in [0.15, 0.2) is 0 Å². The third-order valence-electron chi connectivity index (χ3n) is 2.72. The van der Waals surface area contributed by atoms with Crippen LogP contribution in [0.25, 0.3) is 0 Å². The average Bonchev–Trinajstić information content (AvgIpc) is 2.42. The Morgan fingerprint density at radius 3 is 2.59 bits per heavy atom. The van der Waals surface area contributed by atoms with Crippen molar-refractivity contribution in [3.05, 3.63) is 57.1 Å². The highest BCUT2D eigenvalue weighted by Crippen LogP contribution is 2.31. The molecule has 1 N–H and O–H groups in total. The molecule has 10 heteroatoms. The molecule has 0 aliphatic rings. The molecule has 1 heterocycles. The fourth-order valence-corrected chi connectivity index (χ4v) is 2.99. The maximum atomic E-state index is 13.1. The Kier molecular flexibility index (Phi) is 4.29. The van der Waals surface area contributed by atoms with E-state index in [1.54, 1.807) is 0 Å². The van der Waals surface area contributed by atoms with Crippen LogP contribution in [-0.4, -0.2) is 18.3 Å². The molecule has 0 aliphatic heterocycles. The minimum atomic E-state index is -4.09. The van der Waals surface area contributed by atoms with Crippen LogP contribution in [0.4, 0.5) is 15.8 Å². The van der Waals surface area contributed by atoms with Crippen molar-refractivity contribution in [2.75, 3.05) is 4.72 Å². The highest BCUT2D eigenvalue weighted by atomic mass is 35.5. The molecule has 0 saturated carbocycles. The molecule has 1 aromatic heterocycles. The lowest BCUT2D eigenvalue weighted by Gasteiger charge is -2.11. The van der Waals surface area contributed by atoms with Crippen molar-refractivity contribution in [3.8, 4) is 0 Å². The summed E-state index contributed by atoms with van der Waals surface area (Å²) in [5, 5.41) is 10.5. The van der Waals surface area contributed by atoms with E-state index in [9.17, 15) is 22.9 Å². The first kappa shape index (κ1) is 16.1. The van der Waals surface area contributed by atoms with E-state index >= 15 is 0 Å². The number of sulfonamides is 1. The molecule has 0 spiro atoms. The standard InChI is InChI=1S/C12H9ClFN3O4S/c1-7-2-12(17(18)19)10(13)4-11(7)16-22(20,21)9-3-8(14)5-15-6-9/h2-6,16H,1H3. The van der Waals surface area contributed by atoms with E-state index in [4.69, 9.17) is 11.6 Å². The Morgan fingerprint density at radius 1 is 1.32 bits per heavy atom. The first-order valence-corrected chi connectivity index (χ1v) is 7.65. The zero-order valence-corrected chi connectivity index (χ0v) is 12.7. The first-order chi connectivity index (χ1) is 10.2. The molecule has 0 aliphatic carbocycles. The van der Waals surface area contributed by atoms with Gasteiger partial charge < -0.3 is 0 Å². The van der Waals surface area contributed by atoms with Crippen molar-refractivity contribution >= 4 is 33.0 Å². The van der Waals surface area contributed by atoms with Crippen LogP contribution in [0.2, 0.25) is 5.02 Å². The lowest BCUT2D eigenvalue weighted by atomic mass is 10.2. The molecule has 0 unspecified atom stereocenters. The number of anilines is 1. The van der Waals surface area contributed by atoms with Gasteiger partial charge in [0.2, 0.25) is 0 Å². The molecule has 2 aromatic rings. The molecule has 7 nitrogen and oxygen atoms in total. The van der Waals surface area contributed by atoms with Gasteiger partial charge in [-0.1, -0.05) is 11.6 Å². The molecule has 0 atom stereocenters. The minimum Gasteiger partial charge on any atom is -0.279 e. The summed E-state index contributed by atoms with van der Waals surface area (Å²) in [4.78, 5) is 13.2. The fourth-order valence-electron chi connectivity index (χ4n) is 1.66. The van der Waals surface area contributed by atoms with Gasteiger partial charge in [-0.2, -0.15) is 0 Å². The number of nitrogens with zero attached hydrogens (tertiary/aromatic N) is 2. The lowest BCUT2D eigenvalue weighted by molar-refractivity contribution is -0.384. The van der Waals surface area contributed by atoms with Gasteiger partial charge in [0.1, 0.15) is 15.7 Å². The van der Waals surface area contributed by atoms with Crippen molar-refractivity contribution in [1.29, 1.82) is 0 Å². The zero-order valence-electron chi connectivity index (χ0n) is 11.1. The monoisotopic (exact) mass is 345 g/mol. The number of aromatic nitrogens is 1. The quantitative estimate of drug-likeness (QED) is 0.678. The maximum absolute atomic E-state index is 13.1. The van der Waals surface area contributed by atoms with E-state index < -0.39 is 20.8 Å². The topological polar surface area (TPSA) is 102 Å². The van der Waals surface area contributed by atoms with E-state index in [1.165, 1.54) is 6.92 Å². The Bertz CT molecular complexity index is 857. The predicted octanol–water partition coefficient (Wildman–Crippen LogP) is 2.89. The fraction of sp³-hybridized carbons (Fsp3) is 0.0833. The van der Waals surface area contributed by atoms with Crippen LogP contribution in [0.5, 0.6) is 0 Å². The SMILES string of the molecule is Cc1cc([N+](=O)[O-])c(Cl)cc1NS(=O)(=O)c1cncc(F)c1. The number of nitro groups is 1. The second-order valence-electron chi connectivity index (χ2n) is 4.32. The normalized spacial score (nSPS) is 11.2. The summed E-state index contributed by atoms with van der Waals surface area (Å²) >= 11 is 5.75. The molecular formula is C12H9ClFN3O4S. The molecule has 0 saturated heterocycles. The van der Waals surface area contributed by atoms with Crippen LogP contribution >= 0.6 is 11.6 Å². The van der Waals surface area contributed by atoms with E-state index in [0.717, 1.165) is 30.6 Å². The van der Waals surface area contributed by atoms with E-state index in [0.29, 0.717) is 5.56 Å². The van der Waals surface area contributed by atoms with Crippen molar-refractivity contribution < 1.29 is 17.7 Å². The molecule has 0 bridgehead atoms. The summed E-state index contributed by atoms with van der Waals surface area (Å²) in [7, 11) is -4.09. The Balaban J connectivity index is 2.42. The lowest BCUT2D eigenvalue weighted by Crippen LogP contribution is -2.14. The summed E-state index contributed by atoms with van der Waals surface area (Å²) < 4.78 is 39.5. The number of hydrogen-bond acceptors (Lipinski definition) is 5. The molecule has 2 rings (SSSR count). The third-order valence-corrected chi connectivity index (χ3v) is 4.36. The highest BCUT2D eigenvalue weighted by Gasteiger charge is 2.20. The molecule has 116 valence electrons. The van der Waals surface area contributed by atoms with Crippen LogP contribution in [-0.2, 0) is 10.0 Å². The number of aryl methyl sites for hydroxylation is 1. The van der Waals surface area contributed by atoms with Crippen LogP contribution < -0.4 is 4.72 Å². The zero-order chi connectivity index (χ0) is 16.5. The summed E-state index contributed by atoms with van der Waals surface area (Å²) in [5.74, 6) is -0.804. The van der Waals surface area contributed by atoms with Crippen molar-refractivity contribution in [2.24, 2.45) is 0 Å². The van der Waals surface area contributed by atoms with E-state index in [1.807, 2.05) is 0 Å². The Hall–Kier alpha value is -2.26. The van der Waals surface area contributed by atoms with Crippen LogP contribution in [0.1, 0.15) is 5.56 Å². The number of hydrogen-bond donors (Lipinski definition) is 1. The number of benzene rings is 1. The number of pyridine rings is 1. The number of nitrogens with one attached hydrogen (secondary N) is 1. The summed E-state index contributed by atoms with van der Waals surface area (Å²) in [5.41, 5.74) is 0.0124. The Labute approximate surface area is 130 Å². The number of nitro benzene ring substituents is 1. The van der Waals surface area contributed by atoms with Gasteiger partial charge in [0.25, 0.3) is 15.7 Å². The van der Waals surface area contributed by atoms with Crippen molar-refractivity contribution in [1.82, 2.24) is 4.98 Å². The molecular weight excluding hydrogens is 337 g/mol. The van der Waals surface area contributed by atoms with Gasteiger partial charge in [-0.25, -0.2) is 12.8 Å². The second kappa shape index (κ2) is 5.85. The molecule has 0 fully saturated rings. The third kappa shape index (κ3) is 3.31. The highest BCUT2D eigenvalue weighted by molar-refractivity contribution is 7.92. The Morgan fingerprint density at radius 2 is 2.00 bits per heavy atom. The number of halogens is 2. The first-order valence-electron chi connectivity index (χ1n) is 5.78. The maximum Gasteiger partial charge on any atom is 0.288 e. The van der Waals surface area contributed by atoms with E-state index in [2.05, 4.69) is 9.71 Å². The van der Waals surface area contributed by atoms with Gasteiger partial charge in [-0.3, -0.25) is 19.8 Å². The molecule has 1 aromatic carbocycles. The predicted molar refractivity (Wildman–Crippen MR) is 77.8 cm³/mol. The largest absolute Gasteiger partial charge is 0.288 e. The minimum absolute atomic E-state index is 0.0554. The van der Waals surface area contributed by atoms with Gasteiger partial charge in [-0.05, 0) is 24.6 Å². The van der Waals surface area contributed by atoms with Crippen LogP contribution in [0.3, 0.4) is 0 Å². The van der Waals surface area contributed by atoms with Gasteiger partial charge >= 0.3 is 0 Å².